The van der Waals surface area contributed by atoms with Crippen LogP contribution in [0.15, 0.2) is 53.5 Å². The van der Waals surface area contributed by atoms with Crippen LogP contribution in [0.5, 0.6) is 11.5 Å². The molecule has 0 aliphatic carbocycles. The highest BCUT2D eigenvalue weighted by Gasteiger charge is 1.99. The molecular formula is C18H22N2O2. The Balaban J connectivity index is 1.99. The predicted octanol–water partition coefficient (Wildman–Crippen LogP) is 4.28. The average Bonchev–Trinajstić information content (AvgIpc) is 2.55. The molecule has 2 rings (SSSR count). The summed E-state index contributed by atoms with van der Waals surface area (Å²) in [6.07, 6.45) is 1.80. The van der Waals surface area contributed by atoms with Gasteiger partial charge < -0.3 is 14.4 Å². The molecule has 0 aliphatic heterocycles. The minimum absolute atomic E-state index is 0.670. The van der Waals surface area contributed by atoms with E-state index in [0.717, 1.165) is 22.9 Å². The quantitative estimate of drug-likeness (QED) is 0.565. The number of nitrogens with zero attached hydrogens (tertiary/aromatic N) is 2. The zero-order valence-electron chi connectivity index (χ0n) is 13.3. The molecule has 0 amide bonds. The maximum Gasteiger partial charge on any atom is 0.119 e. The summed E-state index contributed by atoms with van der Waals surface area (Å²) < 4.78 is 10.8. The summed E-state index contributed by atoms with van der Waals surface area (Å²) in [5.74, 6) is 1.74. The summed E-state index contributed by atoms with van der Waals surface area (Å²) in [5.41, 5.74) is 1.94. The maximum atomic E-state index is 5.44. The van der Waals surface area contributed by atoms with Gasteiger partial charge in [0.2, 0.25) is 0 Å². The summed E-state index contributed by atoms with van der Waals surface area (Å²) in [6, 6.07) is 15.7. The van der Waals surface area contributed by atoms with Crippen LogP contribution < -0.4 is 14.4 Å². The molecule has 0 spiro atoms. The highest BCUT2D eigenvalue weighted by Crippen LogP contribution is 2.20. The van der Waals surface area contributed by atoms with Gasteiger partial charge in [0, 0.05) is 12.7 Å². The molecule has 0 N–H and O–H groups in total. The summed E-state index contributed by atoms with van der Waals surface area (Å²) >= 11 is 0. The summed E-state index contributed by atoms with van der Waals surface area (Å²) in [7, 11) is 1.97. The molecule has 22 heavy (non-hydrogen) atoms. The largest absolute Gasteiger partial charge is 0.494 e. The second-order valence-electron chi connectivity index (χ2n) is 4.71. The first-order valence-electron chi connectivity index (χ1n) is 7.45. The van der Waals surface area contributed by atoms with Crippen LogP contribution in [0.25, 0.3) is 0 Å². The van der Waals surface area contributed by atoms with E-state index in [1.165, 1.54) is 0 Å². The van der Waals surface area contributed by atoms with E-state index in [-0.39, 0.29) is 0 Å². The molecule has 0 aliphatic rings. The van der Waals surface area contributed by atoms with E-state index in [0.29, 0.717) is 13.2 Å². The number of benzene rings is 2. The lowest BCUT2D eigenvalue weighted by molar-refractivity contribution is 0.340. The summed E-state index contributed by atoms with van der Waals surface area (Å²) in [5, 5.41) is 0. The Morgan fingerprint density at radius 1 is 0.864 bits per heavy atom. The molecule has 4 nitrogen and oxygen atoms in total. The van der Waals surface area contributed by atoms with E-state index in [4.69, 9.17) is 9.47 Å². The van der Waals surface area contributed by atoms with Gasteiger partial charge in [-0.25, -0.2) is 4.99 Å². The van der Waals surface area contributed by atoms with Crippen LogP contribution in [-0.2, 0) is 0 Å². The van der Waals surface area contributed by atoms with Crippen molar-refractivity contribution in [2.75, 3.05) is 25.2 Å². The van der Waals surface area contributed by atoms with Crippen molar-refractivity contribution in [3.8, 4) is 11.5 Å². The van der Waals surface area contributed by atoms with Crippen molar-refractivity contribution in [2.24, 2.45) is 4.99 Å². The van der Waals surface area contributed by atoms with Gasteiger partial charge in [0.25, 0.3) is 0 Å². The molecule has 0 saturated heterocycles. The first-order valence-corrected chi connectivity index (χ1v) is 7.45. The average molecular weight is 298 g/mol. The maximum absolute atomic E-state index is 5.44. The Morgan fingerprint density at radius 3 is 1.86 bits per heavy atom. The van der Waals surface area contributed by atoms with Gasteiger partial charge in [0.1, 0.15) is 11.5 Å². The van der Waals surface area contributed by atoms with Crippen molar-refractivity contribution in [1.29, 1.82) is 0 Å². The number of hydrogen-bond donors (Lipinski definition) is 0. The van der Waals surface area contributed by atoms with E-state index in [1.54, 1.807) is 6.34 Å². The normalized spacial score (nSPS) is 10.7. The number of aliphatic imine (C=N–C) groups is 1. The van der Waals surface area contributed by atoms with Crippen molar-refractivity contribution >= 4 is 17.7 Å². The van der Waals surface area contributed by atoms with Crippen molar-refractivity contribution in [3.05, 3.63) is 48.5 Å². The van der Waals surface area contributed by atoms with E-state index in [2.05, 4.69) is 4.99 Å². The smallest absolute Gasteiger partial charge is 0.119 e. The molecule has 0 bridgehead atoms. The van der Waals surface area contributed by atoms with Gasteiger partial charge in [0.15, 0.2) is 0 Å². The van der Waals surface area contributed by atoms with Crippen LogP contribution in [0.4, 0.5) is 11.4 Å². The van der Waals surface area contributed by atoms with Crippen LogP contribution in [0, 0.1) is 0 Å². The molecule has 0 fully saturated rings. The SMILES string of the molecule is CCOc1ccc(N=CN(C)c2ccc(OCC)cc2)cc1. The minimum Gasteiger partial charge on any atom is -0.494 e. The van der Waals surface area contributed by atoms with Crippen LogP contribution in [0.3, 0.4) is 0 Å². The highest BCUT2D eigenvalue weighted by atomic mass is 16.5. The Hall–Kier alpha value is -2.49. The van der Waals surface area contributed by atoms with E-state index in [1.807, 2.05) is 74.3 Å². The topological polar surface area (TPSA) is 34.1 Å². The molecular weight excluding hydrogens is 276 g/mol. The predicted molar refractivity (Wildman–Crippen MR) is 91.8 cm³/mol. The molecule has 0 unspecified atom stereocenters. The Labute approximate surface area is 132 Å². The molecule has 116 valence electrons. The van der Waals surface area contributed by atoms with Crippen molar-refractivity contribution in [1.82, 2.24) is 0 Å². The van der Waals surface area contributed by atoms with Crippen molar-refractivity contribution in [3.63, 3.8) is 0 Å². The van der Waals surface area contributed by atoms with Gasteiger partial charge >= 0.3 is 0 Å². The Bertz CT molecular complexity index is 591. The van der Waals surface area contributed by atoms with E-state index >= 15 is 0 Å². The van der Waals surface area contributed by atoms with Gasteiger partial charge in [-0.3, -0.25) is 0 Å². The van der Waals surface area contributed by atoms with Crippen LogP contribution in [0.2, 0.25) is 0 Å². The molecule has 4 heteroatoms. The minimum atomic E-state index is 0.670. The third kappa shape index (κ3) is 4.52. The van der Waals surface area contributed by atoms with E-state index < -0.39 is 0 Å². The van der Waals surface area contributed by atoms with E-state index in [9.17, 15) is 0 Å². The molecule has 0 aromatic heterocycles. The first kappa shape index (κ1) is 15.9. The van der Waals surface area contributed by atoms with Gasteiger partial charge in [-0.05, 0) is 62.4 Å². The van der Waals surface area contributed by atoms with Gasteiger partial charge in [0.05, 0.1) is 25.2 Å². The molecule has 0 radical (unpaired) electrons. The molecule has 0 atom stereocenters. The second-order valence-corrected chi connectivity index (χ2v) is 4.71. The zero-order chi connectivity index (χ0) is 15.8. The van der Waals surface area contributed by atoms with Crippen molar-refractivity contribution < 1.29 is 9.47 Å². The highest BCUT2D eigenvalue weighted by molar-refractivity contribution is 5.80. The second kappa shape index (κ2) is 8.08. The first-order chi connectivity index (χ1) is 10.7. The molecule has 0 saturated carbocycles. The van der Waals surface area contributed by atoms with Crippen LogP contribution >= 0.6 is 0 Å². The summed E-state index contributed by atoms with van der Waals surface area (Å²) in [6.45, 7) is 5.29. The summed E-state index contributed by atoms with van der Waals surface area (Å²) in [4.78, 5) is 6.42. The fourth-order valence-corrected chi connectivity index (χ4v) is 1.96. The van der Waals surface area contributed by atoms with Crippen molar-refractivity contribution in [2.45, 2.75) is 13.8 Å². The molecule has 2 aromatic rings. The monoisotopic (exact) mass is 298 g/mol. The Morgan fingerprint density at radius 2 is 1.36 bits per heavy atom. The van der Waals surface area contributed by atoms with Crippen LogP contribution in [-0.4, -0.2) is 26.6 Å². The number of rotatable bonds is 7. The van der Waals surface area contributed by atoms with Crippen LogP contribution in [0.1, 0.15) is 13.8 Å². The lowest BCUT2D eigenvalue weighted by atomic mass is 10.3. The number of anilines is 1. The lowest BCUT2D eigenvalue weighted by Crippen LogP contribution is -2.13. The van der Waals surface area contributed by atoms with Gasteiger partial charge in [-0.2, -0.15) is 0 Å². The van der Waals surface area contributed by atoms with Gasteiger partial charge in [-0.1, -0.05) is 0 Å². The number of ether oxygens (including phenoxy) is 2. The van der Waals surface area contributed by atoms with Gasteiger partial charge in [-0.15, -0.1) is 0 Å². The third-order valence-corrected chi connectivity index (χ3v) is 3.08. The fraction of sp³-hybridized carbons (Fsp3) is 0.278. The fourth-order valence-electron chi connectivity index (χ4n) is 1.96. The molecule has 0 heterocycles. The Kier molecular flexibility index (Phi) is 5.83. The zero-order valence-corrected chi connectivity index (χ0v) is 13.3. The standard InChI is InChI=1S/C18H22N2O2/c1-4-21-17-10-6-15(7-11-17)19-14-20(3)16-8-12-18(13-9-16)22-5-2/h6-14H,4-5H2,1-3H3. The number of hydrogen-bond acceptors (Lipinski definition) is 3. The molecule has 2 aromatic carbocycles. The third-order valence-electron chi connectivity index (χ3n) is 3.08. The lowest BCUT2D eigenvalue weighted by Gasteiger charge is -2.13.